The molecular weight excluding hydrogens is 317 g/mol. The lowest BCUT2D eigenvalue weighted by molar-refractivity contribution is 0.00578. The molecule has 0 atom stereocenters. The molecule has 0 saturated carbocycles. The summed E-state index contributed by atoms with van der Waals surface area (Å²) in [7, 11) is -0.380. The largest absolute Gasteiger partial charge is 0.494 e. The summed E-state index contributed by atoms with van der Waals surface area (Å²) in [6.45, 7) is 8.56. The number of amides is 1. The molecule has 0 spiro atoms. The number of benzene rings is 1. The highest BCUT2D eigenvalue weighted by atomic mass is 16.7. The average Bonchev–Trinajstić information content (AvgIpc) is 2.82. The van der Waals surface area contributed by atoms with Crippen LogP contribution < -0.4 is 10.8 Å². The van der Waals surface area contributed by atoms with E-state index < -0.39 is 0 Å². The van der Waals surface area contributed by atoms with Crippen LogP contribution in [0.25, 0.3) is 0 Å². The fourth-order valence-corrected chi connectivity index (χ4v) is 2.47. The van der Waals surface area contributed by atoms with Gasteiger partial charge in [0.2, 0.25) is 0 Å². The molecule has 7 heteroatoms. The number of nitrogens with one attached hydrogen (secondary N) is 1. The first kappa shape index (κ1) is 17.6. The number of hydrogen-bond acceptors (Lipinski definition) is 5. The molecule has 1 aliphatic rings. The third-order valence-corrected chi connectivity index (χ3v) is 4.78. The van der Waals surface area contributed by atoms with Gasteiger partial charge in [-0.2, -0.15) is 0 Å². The molecule has 1 N–H and O–H groups in total. The number of carbonyl (C=O) groups is 1. The highest BCUT2D eigenvalue weighted by Gasteiger charge is 2.51. The molecule has 25 heavy (non-hydrogen) atoms. The first-order chi connectivity index (χ1) is 11.8. The summed E-state index contributed by atoms with van der Waals surface area (Å²) < 4.78 is 12.1. The third kappa shape index (κ3) is 3.72. The van der Waals surface area contributed by atoms with E-state index in [-0.39, 0.29) is 24.2 Å². The summed E-state index contributed by atoms with van der Waals surface area (Å²) in [5.74, 6) is -0.198. The van der Waals surface area contributed by atoms with Gasteiger partial charge in [-0.1, -0.05) is 24.3 Å². The molecule has 130 valence electrons. The quantitative estimate of drug-likeness (QED) is 0.859. The predicted molar refractivity (Wildman–Crippen MR) is 95.4 cm³/mol. The number of aromatic nitrogens is 2. The van der Waals surface area contributed by atoms with E-state index >= 15 is 0 Å². The van der Waals surface area contributed by atoms with Crippen molar-refractivity contribution in [2.75, 3.05) is 0 Å². The van der Waals surface area contributed by atoms with Crippen molar-refractivity contribution in [1.82, 2.24) is 15.3 Å². The van der Waals surface area contributed by atoms with Gasteiger partial charge < -0.3 is 14.6 Å². The third-order valence-electron chi connectivity index (χ3n) is 4.78. The van der Waals surface area contributed by atoms with Crippen molar-refractivity contribution in [2.24, 2.45) is 0 Å². The Kier molecular flexibility index (Phi) is 4.62. The Morgan fingerprint density at radius 3 is 2.16 bits per heavy atom. The lowest BCUT2D eigenvalue weighted by Crippen LogP contribution is -2.41. The molecule has 2 heterocycles. The lowest BCUT2D eigenvalue weighted by atomic mass is 9.79. The van der Waals surface area contributed by atoms with Crippen LogP contribution in [0.5, 0.6) is 0 Å². The molecule has 3 rings (SSSR count). The predicted octanol–water partition coefficient (Wildman–Crippen LogP) is 1.71. The topological polar surface area (TPSA) is 73.3 Å². The van der Waals surface area contributed by atoms with Gasteiger partial charge in [0.05, 0.1) is 16.8 Å². The van der Waals surface area contributed by atoms with E-state index in [9.17, 15) is 4.79 Å². The maximum Gasteiger partial charge on any atom is 0.494 e. The Hall–Kier alpha value is -2.25. The molecular formula is C18H22BN3O3. The Labute approximate surface area is 148 Å². The maximum absolute atomic E-state index is 12.0. The minimum absolute atomic E-state index is 0.198. The van der Waals surface area contributed by atoms with E-state index in [0.717, 1.165) is 11.0 Å². The highest BCUT2D eigenvalue weighted by molar-refractivity contribution is 6.62. The van der Waals surface area contributed by atoms with Gasteiger partial charge in [0, 0.05) is 18.9 Å². The molecule has 1 aromatic heterocycles. The van der Waals surface area contributed by atoms with E-state index in [0.29, 0.717) is 12.1 Å². The Bertz CT molecular complexity index is 732. The first-order valence-corrected chi connectivity index (χ1v) is 8.26. The number of hydrogen-bond donors (Lipinski definition) is 1. The van der Waals surface area contributed by atoms with Crippen LogP contribution >= 0.6 is 0 Å². The van der Waals surface area contributed by atoms with E-state index in [1.807, 2.05) is 52.0 Å². The van der Waals surface area contributed by atoms with Crippen molar-refractivity contribution in [3.05, 3.63) is 54.1 Å². The molecule has 0 radical (unpaired) electrons. The Morgan fingerprint density at radius 1 is 1.04 bits per heavy atom. The van der Waals surface area contributed by atoms with Crippen LogP contribution in [0, 0.1) is 0 Å². The van der Waals surface area contributed by atoms with Crippen LogP contribution in [0.15, 0.2) is 43.0 Å². The van der Waals surface area contributed by atoms with Crippen molar-refractivity contribution in [3.8, 4) is 0 Å². The summed E-state index contributed by atoms with van der Waals surface area (Å²) in [6.07, 6.45) is 4.37. The lowest BCUT2D eigenvalue weighted by Gasteiger charge is -2.32. The van der Waals surface area contributed by atoms with Crippen LogP contribution in [-0.2, 0) is 15.9 Å². The van der Waals surface area contributed by atoms with Crippen LogP contribution in [0.4, 0.5) is 0 Å². The summed E-state index contributed by atoms with van der Waals surface area (Å²) in [5, 5.41) is 2.85. The van der Waals surface area contributed by atoms with Crippen molar-refractivity contribution in [1.29, 1.82) is 0 Å². The molecule has 0 bridgehead atoms. The maximum atomic E-state index is 12.0. The van der Waals surface area contributed by atoms with Gasteiger partial charge in [-0.3, -0.25) is 4.79 Å². The molecule has 1 saturated heterocycles. The highest BCUT2D eigenvalue weighted by Crippen LogP contribution is 2.36. The summed E-state index contributed by atoms with van der Waals surface area (Å²) >= 11 is 0. The van der Waals surface area contributed by atoms with Crippen LogP contribution in [-0.4, -0.2) is 34.2 Å². The van der Waals surface area contributed by atoms with Gasteiger partial charge in [-0.05, 0) is 38.7 Å². The molecule has 6 nitrogen and oxygen atoms in total. The average molecular weight is 339 g/mol. The summed E-state index contributed by atoms with van der Waals surface area (Å²) in [4.78, 5) is 19.7. The Balaban J connectivity index is 1.61. The summed E-state index contributed by atoms with van der Waals surface area (Å²) in [6, 6.07) is 7.86. The fraction of sp³-hybridized carbons (Fsp3) is 0.389. The van der Waals surface area contributed by atoms with Crippen LogP contribution in [0.3, 0.4) is 0 Å². The minimum atomic E-state index is -0.380. The molecule has 1 aliphatic heterocycles. The monoisotopic (exact) mass is 339 g/mol. The van der Waals surface area contributed by atoms with Crippen molar-refractivity contribution in [3.63, 3.8) is 0 Å². The normalized spacial score (nSPS) is 18.2. The second-order valence-electron chi connectivity index (χ2n) is 7.14. The first-order valence-electron chi connectivity index (χ1n) is 8.26. The van der Waals surface area contributed by atoms with Gasteiger partial charge >= 0.3 is 7.12 Å². The van der Waals surface area contributed by atoms with Gasteiger partial charge in [-0.15, -0.1) is 0 Å². The minimum Gasteiger partial charge on any atom is -0.399 e. The van der Waals surface area contributed by atoms with Gasteiger partial charge in [0.25, 0.3) is 5.91 Å². The summed E-state index contributed by atoms with van der Waals surface area (Å²) in [5.41, 5.74) is 1.68. The van der Waals surface area contributed by atoms with E-state index in [2.05, 4.69) is 15.3 Å². The molecule has 2 aromatic rings. The van der Waals surface area contributed by atoms with Gasteiger partial charge in [-0.25, -0.2) is 9.97 Å². The number of carbonyl (C=O) groups excluding carboxylic acids is 1. The zero-order valence-electron chi connectivity index (χ0n) is 14.9. The standard InChI is InChI=1S/C18H22BN3O3/c1-17(2)18(3,4)25-19(24-17)15-7-5-13(6-8-15)9-22-16(23)14-10-20-12-21-11-14/h5-8,10-12H,9H2,1-4H3,(H,22,23). The van der Waals surface area contributed by atoms with E-state index in [1.165, 1.54) is 18.7 Å². The van der Waals surface area contributed by atoms with Gasteiger partial charge in [0.15, 0.2) is 0 Å². The second-order valence-corrected chi connectivity index (χ2v) is 7.14. The van der Waals surface area contributed by atoms with Crippen molar-refractivity contribution < 1.29 is 14.1 Å². The Morgan fingerprint density at radius 2 is 1.60 bits per heavy atom. The zero-order valence-corrected chi connectivity index (χ0v) is 14.9. The smallest absolute Gasteiger partial charge is 0.399 e. The van der Waals surface area contributed by atoms with Crippen LogP contribution in [0.1, 0.15) is 43.6 Å². The molecule has 0 aliphatic carbocycles. The fourth-order valence-electron chi connectivity index (χ4n) is 2.47. The van der Waals surface area contributed by atoms with Crippen molar-refractivity contribution in [2.45, 2.75) is 45.4 Å². The SMILES string of the molecule is CC1(C)OB(c2ccc(CNC(=O)c3cncnc3)cc2)OC1(C)C. The van der Waals surface area contributed by atoms with Crippen LogP contribution in [0.2, 0.25) is 0 Å². The number of rotatable bonds is 4. The van der Waals surface area contributed by atoms with E-state index in [4.69, 9.17) is 9.31 Å². The number of nitrogens with zero attached hydrogens (tertiary/aromatic N) is 2. The van der Waals surface area contributed by atoms with Crippen molar-refractivity contribution >= 4 is 18.5 Å². The molecule has 1 fully saturated rings. The van der Waals surface area contributed by atoms with Gasteiger partial charge in [0.1, 0.15) is 6.33 Å². The molecule has 0 unspecified atom stereocenters. The van der Waals surface area contributed by atoms with E-state index in [1.54, 1.807) is 0 Å². The molecule has 1 aromatic carbocycles. The molecule has 1 amide bonds. The second kappa shape index (κ2) is 6.57. The zero-order chi connectivity index (χ0) is 18.1.